The van der Waals surface area contributed by atoms with E-state index in [1.54, 1.807) is 0 Å². The zero-order valence-electron chi connectivity index (χ0n) is 21.3. The van der Waals surface area contributed by atoms with E-state index in [2.05, 4.69) is 20.9 Å². The minimum absolute atomic E-state index is 0.00518. The van der Waals surface area contributed by atoms with E-state index in [0.29, 0.717) is 6.42 Å². The van der Waals surface area contributed by atoms with Gasteiger partial charge in [0.1, 0.15) is 23.3 Å². The van der Waals surface area contributed by atoms with E-state index in [-0.39, 0.29) is 48.4 Å². The number of carbonyl (C=O) groups is 1. The first-order valence-electron chi connectivity index (χ1n) is 12.6. The minimum Gasteiger partial charge on any atom is -0.462 e. The molecule has 0 amide bonds. The van der Waals surface area contributed by atoms with Crippen LogP contribution >= 0.6 is 50.7 Å². The summed E-state index contributed by atoms with van der Waals surface area (Å²) in [5.74, 6) is -3.09. The number of hydrogen-bond acceptors (Lipinski definition) is 3. The molecule has 4 rings (SSSR count). The van der Waals surface area contributed by atoms with Gasteiger partial charge in [-0.25, -0.2) is 4.39 Å². The molecule has 11 heteroatoms. The van der Waals surface area contributed by atoms with Gasteiger partial charge in [-0.3, -0.25) is 9.79 Å². The van der Waals surface area contributed by atoms with Crippen LogP contribution in [0.3, 0.4) is 0 Å². The summed E-state index contributed by atoms with van der Waals surface area (Å²) in [7, 11) is 0. The van der Waals surface area contributed by atoms with Crippen molar-refractivity contribution in [3.05, 3.63) is 66.8 Å². The Morgan fingerprint density at radius 2 is 1.77 bits per heavy atom. The molecule has 0 saturated heterocycles. The first-order chi connectivity index (χ1) is 18.2. The fourth-order valence-electron chi connectivity index (χ4n) is 5.84. The summed E-state index contributed by atoms with van der Waals surface area (Å²) in [5.41, 5.74) is -3.10. The first-order valence-corrected chi connectivity index (χ1v) is 14.5. The summed E-state index contributed by atoms with van der Waals surface area (Å²) in [4.78, 5) is 18.2. The van der Waals surface area contributed by atoms with Crippen molar-refractivity contribution >= 4 is 62.9 Å². The Balaban J connectivity index is 1.88. The van der Waals surface area contributed by atoms with Gasteiger partial charge in [0.25, 0.3) is 0 Å². The summed E-state index contributed by atoms with van der Waals surface area (Å²) in [6.45, 7) is 6.06. The number of hydrogen-bond donors (Lipinski definition) is 0. The normalized spacial score (nSPS) is 29.2. The lowest BCUT2D eigenvalue weighted by atomic mass is 9.68. The monoisotopic (exact) mass is 669 g/mol. The third-order valence-corrected chi connectivity index (χ3v) is 9.75. The van der Waals surface area contributed by atoms with Gasteiger partial charge in [0.2, 0.25) is 0 Å². The highest BCUT2D eigenvalue weighted by Gasteiger charge is 2.67. The molecular weight excluding hydrogens is 645 g/mol. The molecule has 39 heavy (non-hydrogen) atoms. The van der Waals surface area contributed by atoms with Gasteiger partial charge in [0.15, 0.2) is 0 Å². The third-order valence-electron chi connectivity index (χ3n) is 7.94. The number of rotatable bonds is 5. The highest BCUT2D eigenvalue weighted by molar-refractivity contribution is 9.10. The average Bonchev–Trinajstić information content (AvgIpc) is 3.26. The van der Waals surface area contributed by atoms with Crippen LogP contribution in [0.1, 0.15) is 57.2 Å². The van der Waals surface area contributed by atoms with E-state index in [1.807, 2.05) is 20.8 Å². The zero-order valence-corrected chi connectivity index (χ0v) is 25.2. The van der Waals surface area contributed by atoms with Gasteiger partial charge in [0, 0.05) is 6.21 Å². The van der Waals surface area contributed by atoms with Gasteiger partial charge < -0.3 is 4.74 Å². The molecule has 212 valence electrons. The fraction of sp³-hybridized carbons (Fsp3) is 0.500. The van der Waals surface area contributed by atoms with Crippen molar-refractivity contribution in [3.8, 4) is 0 Å². The summed E-state index contributed by atoms with van der Waals surface area (Å²) in [6.07, 6.45) is -2.54. The van der Waals surface area contributed by atoms with Gasteiger partial charge in [-0.15, -0.1) is 0 Å². The molecule has 2 aromatic carbocycles. The van der Waals surface area contributed by atoms with Crippen LogP contribution in [0.2, 0.25) is 15.1 Å². The highest BCUT2D eigenvalue weighted by Crippen LogP contribution is 2.56. The standard InChI is InChI=1S/C28H27BrCl3F4NO2/c1-13(2)17-6-4-14(3)8-22(17)39-26(38)23-25(15-5-7-21(33)18(29)9-15)37-12-27(23,28(34,35)36)16-10-19(30)24(32)20(31)11-16/h5,7,9-14,17,22-23,25H,4,6,8H2,1-3H3/t14-,17+,22-,23+,25+,27+/m1/s1. The second-order valence-corrected chi connectivity index (χ2v) is 12.8. The van der Waals surface area contributed by atoms with Crippen LogP contribution in [0.25, 0.3) is 0 Å². The van der Waals surface area contributed by atoms with Crippen LogP contribution in [0.4, 0.5) is 17.6 Å². The summed E-state index contributed by atoms with van der Waals surface area (Å²) >= 11 is 21.5. The second kappa shape index (κ2) is 11.5. The number of benzene rings is 2. The number of carbonyl (C=O) groups excluding carboxylic acids is 1. The van der Waals surface area contributed by atoms with Crippen molar-refractivity contribution in [2.45, 2.75) is 63.8 Å². The predicted octanol–water partition coefficient (Wildman–Crippen LogP) is 9.79. The first kappa shape index (κ1) is 30.6. The summed E-state index contributed by atoms with van der Waals surface area (Å²) in [5, 5.41) is -0.502. The molecule has 0 radical (unpaired) electrons. The average molecular weight is 672 g/mol. The van der Waals surface area contributed by atoms with Crippen LogP contribution in [0.15, 0.2) is 39.8 Å². The number of halogens is 8. The molecule has 3 nitrogen and oxygen atoms in total. The van der Waals surface area contributed by atoms with E-state index in [0.717, 1.165) is 37.3 Å². The van der Waals surface area contributed by atoms with Gasteiger partial charge in [0.05, 0.1) is 25.6 Å². The van der Waals surface area contributed by atoms with Crippen molar-refractivity contribution in [3.63, 3.8) is 0 Å². The van der Waals surface area contributed by atoms with Crippen LogP contribution in [-0.2, 0) is 14.9 Å². The number of ether oxygens (including phenoxy) is 1. The number of alkyl halides is 3. The number of esters is 1. The van der Waals surface area contributed by atoms with E-state index >= 15 is 13.2 Å². The third kappa shape index (κ3) is 5.73. The van der Waals surface area contributed by atoms with Crippen LogP contribution in [0, 0.1) is 29.5 Å². The molecule has 1 aliphatic carbocycles. The molecule has 6 atom stereocenters. The molecule has 0 N–H and O–H groups in total. The van der Waals surface area contributed by atoms with E-state index in [1.165, 1.54) is 12.1 Å². The van der Waals surface area contributed by atoms with Crippen molar-refractivity contribution in [1.29, 1.82) is 0 Å². The zero-order chi connectivity index (χ0) is 28.9. The topological polar surface area (TPSA) is 38.7 Å². The molecule has 2 aliphatic rings. The highest BCUT2D eigenvalue weighted by atomic mass is 79.9. The maximum Gasteiger partial charge on any atom is 0.404 e. The Hall–Kier alpha value is -1.35. The fourth-order valence-corrected chi connectivity index (χ4v) is 6.83. The van der Waals surface area contributed by atoms with E-state index in [4.69, 9.17) is 39.5 Å². The largest absolute Gasteiger partial charge is 0.462 e. The number of aliphatic imine (C=N–C) groups is 1. The Bertz CT molecular complexity index is 1260. The van der Waals surface area contributed by atoms with Crippen LogP contribution in [-0.4, -0.2) is 24.5 Å². The smallest absolute Gasteiger partial charge is 0.404 e. The van der Waals surface area contributed by atoms with E-state index in [9.17, 15) is 9.18 Å². The van der Waals surface area contributed by atoms with E-state index < -0.39 is 41.4 Å². The minimum atomic E-state index is -5.01. The number of nitrogens with zero attached hydrogens (tertiary/aromatic N) is 1. The van der Waals surface area contributed by atoms with Gasteiger partial charge >= 0.3 is 12.1 Å². The maximum absolute atomic E-state index is 15.3. The van der Waals surface area contributed by atoms with Crippen molar-refractivity contribution in [2.75, 3.05) is 0 Å². The Kier molecular flexibility index (Phi) is 9.02. The Labute approximate surface area is 248 Å². The predicted molar refractivity (Wildman–Crippen MR) is 149 cm³/mol. The molecule has 0 unspecified atom stereocenters. The molecule has 1 heterocycles. The molecule has 1 aliphatic heterocycles. The Morgan fingerprint density at radius 3 is 2.33 bits per heavy atom. The molecule has 0 aromatic heterocycles. The van der Waals surface area contributed by atoms with Crippen molar-refractivity contribution in [2.24, 2.45) is 28.7 Å². The Morgan fingerprint density at radius 1 is 1.13 bits per heavy atom. The molecule has 2 aromatic rings. The molecule has 1 saturated carbocycles. The summed E-state index contributed by atoms with van der Waals surface area (Å²) < 4.78 is 65.9. The molecule has 1 fully saturated rings. The van der Waals surface area contributed by atoms with Crippen molar-refractivity contribution < 1.29 is 27.1 Å². The molecule has 0 bridgehead atoms. The van der Waals surface area contributed by atoms with Crippen LogP contribution in [0.5, 0.6) is 0 Å². The van der Waals surface area contributed by atoms with Gasteiger partial charge in [-0.2, -0.15) is 13.2 Å². The summed E-state index contributed by atoms with van der Waals surface area (Å²) in [6, 6.07) is 4.54. The van der Waals surface area contributed by atoms with Gasteiger partial charge in [-0.05, 0) is 81.9 Å². The van der Waals surface area contributed by atoms with Gasteiger partial charge in [-0.1, -0.05) is 68.1 Å². The van der Waals surface area contributed by atoms with Crippen LogP contribution < -0.4 is 0 Å². The quantitative estimate of drug-likeness (QED) is 0.180. The lowest BCUT2D eigenvalue weighted by molar-refractivity contribution is -0.197. The molecule has 0 spiro atoms. The lowest BCUT2D eigenvalue weighted by Crippen LogP contribution is -2.53. The maximum atomic E-state index is 15.3. The molecular formula is C28H27BrCl3F4NO2. The lowest BCUT2D eigenvalue weighted by Gasteiger charge is -2.40. The SMILES string of the molecule is CC(C)[C@@H]1CC[C@@H](C)C[C@H]1OC(=O)[C@@H]1[C@H](c2ccc(F)c(Br)c2)N=C[C@@]1(c1cc(Cl)c(Cl)c(Cl)c1)C(F)(F)F. The van der Waals surface area contributed by atoms with Crippen molar-refractivity contribution in [1.82, 2.24) is 0 Å². The second-order valence-electron chi connectivity index (χ2n) is 10.8.